The summed E-state index contributed by atoms with van der Waals surface area (Å²) in [7, 11) is 0. The number of halogens is 1. The fourth-order valence-electron chi connectivity index (χ4n) is 2.59. The Morgan fingerprint density at radius 1 is 1.35 bits per heavy atom. The van der Waals surface area contributed by atoms with Crippen molar-refractivity contribution in [2.24, 2.45) is 4.99 Å². The van der Waals surface area contributed by atoms with Gasteiger partial charge >= 0.3 is 6.03 Å². The molecule has 1 heterocycles. The molecule has 0 bridgehead atoms. The molecule has 0 atom stereocenters. The predicted molar refractivity (Wildman–Crippen MR) is 98.5 cm³/mol. The highest BCUT2D eigenvalue weighted by Gasteiger charge is 2.27. The van der Waals surface area contributed by atoms with Crippen LogP contribution in [0.1, 0.15) is 26.3 Å². The zero-order valence-corrected chi connectivity index (χ0v) is 15.4. The lowest BCUT2D eigenvalue weighted by Gasteiger charge is -2.24. The summed E-state index contributed by atoms with van der Waals surface area (Å²) in [6.45, 7) is 7.79. The molecule has 1 aromatic rings. The first-order chi connectivity index (χ1) is 12.3. The molecular formula is C18H26FN5O2. The van der Waals surface area contributed by atoms with Gasteiger partial charge in [0.2, 0.25) is 5.91 Å². The van der Waals surface area contributed by atoms with E-state index in [4.69, 9.17) is 0 Å². The highest BCUT2D eigenvalue weighted by atomic mass is 19.1. The van der Waals surface area contributed by atoms with E-state index < -0.39 is 0 Å². The van der Waals surface area contributed by atoms with Gasteiger partial charge in [-0.05, 0) is 24.6 Å². The van der Waals surface area contributed by atoms with Gasteiger partial charge < -0.3 is 16.0 Å². The van der Waals surface area contributed by atoms with E-state index in [0.29, 0.717) is 25.6 Å². The van der Waals surface area contributed by atoms with E-state index in [0.717, 1.165) is 5.56 Å². The molecule has 3 N–H and O–H groups in total. The molecule has 0 saturated carbocycles. The van der Waals surface area contributed by atoms with Crippen molar-refractivity contribution in [3.63, 3.8) is 0 Å². The van der Waals surface area contributed by atoms with Gasteiger partial charge in [-0.1, -0.05) is 26.0 Å². The number of carbonyl (C=O) groups is 2. The van der Waals surface area contributed by atoms with Crippen molar-refractivity contribution in [1.29, 1.82) is 0 Å². The number of hydrogen-bond donors (Lipinski definition) is 3. The lowest BCUT2D eigenvalue weighted by atomic mass is 9.85. The Kier molecular flexibility index (Phi) is 6.54. The monoisotopic (exact) mass is 363 g/mol. The molecule has 1 fully saturated rings. The minimum absolute atomic E-state index is 0.0504. The molecular weight excluding hydrogens is 337 g/mol. The van der Waals surface area contributed by atoms with Crippen molar-refractivity contribution in [2.45, 2.75) is 26.2 Å². The van der Waals surface area contributed by atoms with Crippen LogP contribution in [0, 0.1) is 5.82 Å². The van der Waals surface area contributed by atoms with E-state index in [1.807, 2.05) is 26.8 Å². The number of aliphatic imine (C=N–C) groups is 1. The van der Waals surface area contributed by atoms with Crippen molar-refractivity contribution >= 4 is 17.9 Å². The quantitative estimate of drug-likeness (QED) is 0.386. The van der Waals surface area contributed by atoms with Crippen LogP contribution in [-0.2, 0) is 10.2 Å². The number of hydrogen-bond acceptors (Lipinski definition) is 3. The summed E-state index contributed by atoms with van der Waals surface area (Å²) in [4.78, 5) is 28.8. The molecule has 0 unspecified atom stereocenters. The first-order valence-corrected chi connectivity index (χ1v) is 8.70. The number of rotatable bonds is 7. The van der Waals surface area contributed by atoms with Crippen LogP contribution in [0.25, 0.3) is 0 Å². The number of urea groups is 1. The van der Waals surface area contributed by atoms with Gasteiger partial charge in [-0.25, -0.2) is 9.18 Å². The van der Waals surface area contributed by atoms with E-state index in [9.17, 15) is 14.0 Å². The third kappa shape index (κ3) is 5.18. The number of amides is 3. The van der Waals surface area contributed by atoms with Crippen LogP contribution < -0.4 is 16.0 Å². The van der Waals surface area contributed by atoms with E-state index in [1.165, 1.54) is 17.0 Å². The molecule has 0 spiro atoms. The number of guanidine groups is 1. The van der Waals surface area contributed by atoms with Gasteiger partial charge in [0.15, 0.2) is 5.96 Å². The molecule has 0 radical (unpaired) electrons. The average molecular weight is 363 g/mol. The summed E-state index contributed by atoms with van der Waals surface area (Å²) in [5.74, 6) is 0.0909. The van der Waals surface area contributed by atoms with E-state index >= 15 is 0 Å². The molecule has 0 aromatic heterocycles. The third-order valence-corrected chi connectivity index (χ3v) is 4.15. The maximum atomic E-state index is 13.5. The second-order valence-corrected chi connectivity index (χ2v) is 6.72. The Hall–Kier alpha value is -2.64. The highest BCUT2D eigenvalue weighted by Crippen LogP contribution is 2.24. The van der Waals surface area contributed by atoms with Gasteiger partial charge in [-0.15, -0.1) is 0 Å². The van der Waals surface area contributed by atoms with E-state index in [-0.39, 0.29) is 36.3 Å². The van der Waals surface area contributed by atoms with Crippen LogP contribution >= 0.6 is 0 Å². The smallest absolute Gasteiger partial charge is 0.324 e. The molecule has 2 rings (SSSR count). The average Bonchev–Trinajstić information content (AvgIpc) is 2.91. The van der Waals surface area contributed by atoms with Gasteiger partial charge in [-0.2, -0.15) is 0 Å². The van der Waals surface area contributed by atoms with Crippen LogP contribution in [0.3, 0.4) is 0 Å². The van der Waals surface area contributed by atoms with Crippen LogP contribution in [0.5, 0.6) is 0 Å². The van der Waals surface area contributed by atoms with Gasteiger partial charge in [-0.3, -0.25) is 14.7 Å². The Labute approximate surface area is 153 Å². The Morgan fingerprint density at radius 3 is 2.73 bits per heavy atom. The fourth-order valence-corrected chi connectivity index (χ4v) is 2.59. The van der Waals surface area contributed by atoms with Crippen molar-refractivity contribution in [1.82, 2.24) is 20.9 Å². The topological polar surface area (TPSA) is 85.8 Å². The molecule has 142 valence electrons. The third-order valence-electron chi connectivity index (χ3n) is 4.15. The lowest BCUT2D eigenvalue weighted by molar-refractivity contribution is -0.124. The summed E-state index contributed by atoms with van der Waals surface area (Å²) in [5.41, 5.74) is 0.534. The van der Waals surface area contributed by atoms with Crippen LogP contribution in [0.15, 0.2) is 29.3 Å². The molecule has 1 saturated heterocycles. The molecule has 1 aliphatic rings. The zero-order chi connectivity index (χ0) is 19.2. The number of nitrogens with one attached hydrogen (secondary N) is 3. The second-order valence-electron chi connectivity index (χ2n) is 6.72. The molecule has 26 heavy (non-hydrogen) atoms. The maximum absolute atomic E-state index is 13.5. The number of nitrogens with zero attached hydrogens (tertiary/aromatic N) is 2. The molecule has 1 aromatic carbocycles. The summed E-state index contributed by atoms with van der Waals surface area (Å²) < 4.78 is 13.5. The normalized spacial score (nSPS) is 15.2. The minimum Gasteiger partial charge on any atom is -0.357 e. The van der Waals surface area contributed by atoms with Gasteiger partial charge in [0, 0.05) is 25.0 Å². The van der Waals surface area contributed by atoms with Gasteiger partial charge in [0.25, 0.3) is 0 Å². The van der Waals surface area contributed by atoms with E-state index in [2.05, 4.69) is 20.9 Å². The maximum Gasteiger partial charge on any atom is 0.324 e. The predicted octanol–water partition coefficient (Wildman–Crippen LogP) is 1.21. The van der Waals surface area contributed by atoms with Gasteiger partial charge in [0.1, 0.15) is 5.82 Å². The summed E-state index contributed by atoms with van der Waals surface area (Å²) in [5, 5.41) is 8.73. The first-order valence-electron chi connectivity index (χ1n) is 8.70. The molecule has 8 heteroatoms. The van der Waals surface area contributed by atoms with Crippen LogP contribution in [0.2, 0.25) is 0 Å². The standard InChI is InChI=1S/C18H26FN5O2/c1-4-20-16(21-8-9-24-15(25)11-22-17(24)26)23-12-18(2,3)13-6-5-7-14(19)10-13/h5-7,10H,4,8-9,11-12H2,1-3H3,(H,22,26)(H2,20,21,23). The molecule has 7 nitrogen and oxygen atoms in total. The van der Waals surface area contributed by atoms with Crippen LogP contribution in [-0.4, -0.2) is 55.5 Å². The van der Waals surface area contributed by atoms with Gasteiger partial charge in [0.05, 0.1) is 13.1 Å². The SMILES string of the molecule is CCNC(=NCC(C)(C)c1cccc(F)c1)NCCN1C(=O)CNC1=O. The number of benzene rings is 1. The number of imide groups is 1. The first kappa shape index (κ1) is 19.7. The Morgan fingerprint density at radius 2 is 2.12 bits per heavy atom. The van der Waals surface area contributed by atoms with Crippen molar-refractivity contribution in [3.8, 4) is 0 Å². The Bertz CT molecular complexity index is 674. The lowest BCUT2D eigenvalue weighted by Crippen LogP contribution is -2.43. The van der Waals surface area contributed by atoms with Crippen molar-refractivity contribution in [3.05, 3.63) is 35.6 Å². The van der Waals surface area contributed by atoms with Crippen LogP contribution in [0.4, 0.5) is 9.18 Å². The van der Waals surface area contributed by atoms with Crippen molar-refractivity contribution in [2.75, 3.05) is 32.7 Å². The summed E-state index contributed by atoms with van der Waals surface area (Å²) >= 11 is 0. The minimum atomic E-state index is -0.369. The Balaban J connectivity index is 1.95. The second kappa shape index (κ2) is 8.64. The zero-order valence-electron chi connectivity index (χ0n) is 15.4. The summed E-state index contributed by atoms with van der Waals surface area (Å²) in [6.07, 6.45) is 0. The highest BCUT2D eigenvalue weighted by molar-refractivity contribution is 6.01. The number of carbonyl (C=O) groups excluding carboxylic acids is 2. The summed E-state index contributed by atoms with van der Waals surface area (Å²) in [6, 6.07) is 6.15. The van der Waals surface area contributed by atoms with Crippen molar-refractivity contribution < 1.29 is 14.0 Å². The molecule has 3 amide bonds. The fraction of sp³-hybridized carbons (Fsp3) is 0.500. The largest absolute Gasteiger partial charge is 0.357 e. The molecule has 0 aliphatic carbocycles. The molecule has 1 aliphatic heterocycles. The van der Waals surface area contributed by atoms with E-state index in [1.54, 1.807) is 6.07 Å².